The third-order valence-corrected chi connectivity index (χ3v) is 6.79. The van der Waals surface area contributed by atoms with Crippen molar-refractivity contribution in [1.82, 2.24) is 19.1 Å². The highest BCUT2D eigenvalue weighted by molar-refractivity contribution is 8.10. The largest absolute Gasteiger partial charge is 0.431 e. The summed E-state index contributed by atoms with van der Waals surface area (Å²) in [7, 11) is 0. The molecule has 0 radical (unpaired) electrons. The molecule has 1 aromatic carbocycles. The van der Waals surface area contributed by atoms with Crippen LogP contribution in [0.2, 0.25) is 0 Å². The molecule has 2 heterocycles. The number of rotatable bonds is 4. The van der Waals surface area contributed by atoms with Gasteiger partial charge in [-0.2, -0.15) is 19.1 Å². The fraction of sp³-hybridized carbons (Fsp3) is 0.250. The fourth-order valence-electron chi connectivity index (χ4n) is 2.52. The van der Waals surface area contributed by atoms with Crippen molar-refractivity contribution >= 4 is 18.4 Å². The van der Waals surface area contributed by atoms with E-state index in [4.69, 9.17) is 16.3 Å². The normalized spacial score (nSPS) is 11.7. The van der Waals surface area contributed by atoms with E-state index in [2.05, 4.69) is 10.2 Å². The molecule has 0 spiro atoms. The zero-order valence-electron chi connectivity index (χ0n) is 13.6. The van der Waals surface area contributed by atoms with Gasteiger partial charge in [0.1, 0.15) is 5.75 Å². The third kappa shape index (κ3) is 2.96. The van der Waals surface area contributed by atoms with E-state index in [0.29, 0.717) is 0 Å². The van der Waals surface area contributed by atoms with Gasteiger partial charge in [-0.25, -0.2) is 0 Å². The van der Waals surface area contributed by atoms with Crippen molar-refractivity contribution in [3.8, 4) is 5.75 Å². The molecule has 2 aromatic heterocycles. The molecule has 0 saturated heterocycles. The maximum atomic E-state index is 6.29. The second kappa shape index (κ2) is 5.95. The molecule has 0 atom stereocenters. The van der Waals surface area contributed by atoms with Gasteiger partial charge < -0.3 is 4.52 Å². The Balaban J connectivity index is 2.19. The van der Waals surface area contributed by atoms with Crippen LogP contribution in [0.4, 0.5) is 0 Å². The standard InChI is InChI=1S/C16H19N4OPS/c1-12-10-14(3)19(17-12)22(23,20-15(4)11-13(2)18-20)21-16-8-6-5-7-9-16/h5-11H,1-4H3. The predicted molar refractivity (Wildman–Crippen MR) is 95.6 cm³/mol. The molecule has 23 heavy (non-hydrogen) atoms. The minimum absolute atomic E-state index is 0.718. The van der Waals surface area contributed by atoms with Crippen LogP contribution >= 0.6 is 6.57 Å². The van der Waals surface area contributed by atoms with Crippen molar-refractivity contribution in [2.75, 3.05) is 0 Å². The first kappa shape index (κ1) is 16.0. The van der Waals surface area contributed by atoms with Gasteiger partial charge in [0.2, 0.25) is 0 Å². The lowest BCUT2D eigenvalue weighted by Crippen LogP contribution is -2.16. The van der Waals surface area contributed by atoms with Crippen LogP contribution < -0.4 is 4.52 Å². The molecule has 3 rings (SSSR count). The first-order chi connectivity index (χ1) is 10.9. The monoisotopic (exact) mass is 346 g/mol. The number of nitrogens with zero attached hydrogens (tertiary/aromatic N) is 4. The number of hydrogen-bond acceptors (Lipinski definition) is 4. The van der Waals surface area contributed by atoms with Crippen molar-refractivity contribution in [3.63, 3.8) is 0 Å². The zero-order chi connectivity index (χ0) is 16.6. The van der Waals surface area contributed by atoms with Crippen LogP contribution in [0.5, 0.6) is 5.75 Å². The predicted octanol–water partition coefficient (Wildman–Crippen LogP) is 4.01. The van der Waals surface area contributed by atoms with Gasteiger partial charge in [0, 0.05) is 11.4 Å². The summed E-state index contributed by atoms with van der Waals surface area (Å²) in [5.41, 5.74) is 3.76. The average Bonchev–Trinajstić information content (AvgIpc) is 3.02. The maximum absolute atomic E-state index is 6.29. The topological polar surface area (TPSA) is 44.9 Å². The minimum Gasteiger partial charge on any atom is -0.431 e. The Morgan fingerprint density at radius 3 is 1.74 bits per heavy atom. The molecule has 5 nitrogen and oxygen atoms in total. The molecule has 0 aliphatic heterocycles. The molecular weight excluding hydrogens is 327 g/mol. The number of aryl methyl sites for hydroxylation is 4. The van der Waals surface area contributed by atoms with Gasteiger partial charge in [-0.1, -0.05) is 18.2 Å². The van der Waals surface area contributed by atoms with Crippen LogP contribution in [0.25, 0.3) is 0 Å². The first-order valence-corrected chi connectivity index (χ1v) is 9.95. The van der Waals surface area contributed by atoms with E-state index in [-0.39, 0.29) is 0 Å². The molecule has 0 fully saturated rings. The average molecular weight is 346 g/mol. The van der Waals surface area contributed by atoms with Gasteiger partial charge in [-0.3, -0.25) is 0 Å². The Morgan fingerprint density at radius 2 is 1.35 bits per heavy atom. The van der Waals surface area contributed by atoms with E-state index in [1.54, 1.807) is 0 Å². The Bertz CT molecular complexity index is 835. The lowest BCUT2D eigenvalue weighted by molar-refractivity contribution is 0.567. The van der Waals surface area contributed by atoms with Crippen LogP contribution in [0, 0.1) is 27.7 Å². The van der Waals surface area contributed by atoms with E-state index in [9.17, 15) is 0 Å². The Hall–Kier alpha value is -1.91. The SMILES string of the molecule is Cc1cc(C)n(P(=S)(Oc2ccccc2)n2nc(C)cc2C)n1. The Labute approximate surface area is 141 Å². The number of para-hydroxylation sites is 1. The second-order valence-electron chi connectivity index (χ2n) is 5.53. The third-order valence-electron chi connectivity index (χ3n) is 3.42. The van der Waals surface area contributed by atoms with E-state index in [1.807, 2.05) is 79.1 Å². The summed E-state index contributed by atoms with van der Waals surface area (Å²) in [5, 5.41) is 9.16. The highest BCUT2D eigenvalue weighted by Crippen LogP contribution is 2.50. The van der Waals surface area contributed by atoms with Crippen molar-refractivity contribution in [2.24, 2.45) is 0 Å². The molecule has 3 aromatic rings. The molecule has 0 saturated carbocycles. The van der Waals surface area contributed by atoms with Crippen LogP contribution in [0.15, 0.2) is 42.5 Å². The summed E-state index contributed by atoms with van der Waals surface area (Å²) in [4.78, 5) is 0. The fourth-order valence-corrected chi connectivity index (χ4v) is 5.90. The molecule has 0 N–H and O–H groups in total. The van der Waals surface area contributed by atoms with E-state index >= 15 is 0 Å². The highest BCUT2D eigenvalue weighted by Gasteiger charge is 2.30. The molecule has 0 aliphatic rings. The van der Waals surface area contributed by atoms with E-state index in [1.165, 1.54) is 0 Å². The van der Waals surface area contributed by atoms with Gasteiger partial charge in [0.15, 0.2) is 0 Å². The smallest absolute Gasteiger partial charge is 0.345 e. The summed E-state index contributed by atoms with van der Waals surface area (Å²) in [6.45, 7) is 5.14. The van der Waals surface area contributed by atoms with Crippen LogP contribution in [-0.4, -0.2) is 19.1 Å². The van der Waals surface area contributed by atoms with Gasteiger partial charge in [-0.05, 0) is 63.8 Å². The molecule has 120 valence electrons. The molecule has 0 bridgehead atoms. The van der Waals surface area contributed by atoms with E-state index < -0.39 is 6.57 Å². The van der Waals surface area contributed by atoms with Crippen LogP contribution in [-0.2, 0) is 11.8 Å². The van der Waals surface area contributed by atoms with Gasteiger partial charge in [0.25, 0.3) is 0 Å². The number of benzene rings is 1. The van der Waals surface area contributed by atoms with E-state index in [0.717, 1.165) is 28.5 Å². The number of aromatic nitrogens is 4. The molecular formula is C16H19N4OPS. The number of hydrogen-bond donors (Lipinski definition) is 0. The van der Waals surface area contributed by atoms with Gasteiger partial charge in [0.05, 0.1) is 11.4 Å². The van der Waals surface area contributed by atoms with Crippen LogP contribution in [0.1, 0.15) is 22.8 Å². The zero-order valence-corrected chi connectivity index (χ0v) is 15.3. The van der Waals surface area contributed by atoms with Crippen molar-refractivity contribution in [2.45, 2.75) is 27.7 Å². The summed E-state index contributed by atoms with van der Waals surface area (Å²) >= 11 is 6.01. The maximum Gasteiger partial charge on any atom is 0.345 e. The Kier molecular flexibility index (Phi) is 4.13. The first-order valence-electron chi connectivity index (χ1n) is 7.33. The summed E-state index contributed by atoms with van der Waals surface area (Å²) in [6.07, 6.45) is 0. The van der Waals surface area contributed by atoms with Crippen LogP contribution in [0.3, 0.4) is 0 Å². The van der Waals surface area contributed by atoms with Crippen molar-refractivity contribution in [3.05, 3.63) is 65.2 Å². The van der Waals surface area contributed by atoms with Gasteiger partial charge >= 0.3 is 6.57 Å². The highest BCUT2D eigenvalue weighted by atomic mass is 32.5. The summed E-state index contributed by atoms with van der Waals surface area (Å²) in [5.74, 6) is 0.718. The summed E-state index contributed by atoms with van der Waals surface area (Å²) < 4.78 is 9.91. The molecule has 0 amide bonds. The Morgan fingerprint density at radius 1 is 0.870 bits per heavy atom. The van der Waals surface area contributed by atoms with Crippen molar-refractivity contribution in [1.29, 1.82) is 0 Å². The molecule has 0 unspecified atom stereocenters. The van der Waals surface area contributed by atoms with Gasteiger partial charge in [-0.15, -0.1) is 0 Å². The lowest BCUT2D eigenvalue weighted by atomic mass is 10.3. The quantitative estimate of drug-likeness (QED) is 0.670. The molecule has 0 aliphatic carbocycles. The summed E-state index contributed by atoms with van der Waals surface area (Å²) in [6, 6.07) is 13.6. The van der Waals surface area contributed by atoms with Crippen molar-refractivity contribution < 1.29 is 4.52 Å². The minimum atomic E-state index is -2.74. The molecule has 7 heteroatoms. The lowest BCUT2D eigenvalue weighted by Gasteiger charge is -2.25. The second-order valence-corrected chi connectivity index (χ2v) is 8.88.